The Balaban J connectivity index is 2.02. The standard InChI is InChI=1S/C14H17N3O2S2/c1-10(2)8-17(13(19)11-4-3-6-20-11)9-12(18)16-14-15-5-7-21-14/h3-7,10H,8-9H2,1-2H3,(H,15,16,18). The first-order valence-corrected chi connectivity index (χ1v) is 8.34. The van der Waals surface area contributed by atoms with E-state index in [9.17, 15) is 9.59 Å². The van der Waals surface area contributed by atoms with Crippen molar-refractivity contribution in [3.63, 3.8) is 0 Å². The van der Waals surface area contributed by atoms with Gasteiger partial charge in [-0.15, -0.1) is 22.7 Å². The highest BCUT2D eigenvalue weighted by Crippen LogP contribution is 2.14. The first kappa shape index (κ1) is 15.7. The minimum atomic E-state index is -0.226. The van der Waals surface area contributed by atoms with E-state index in [2.05, 4.69) is 10.3 Å². The van der Waals surface area contributed by atoms with Crippen LogP contribution in [0, 0.1) is 5.92 Å². The topological polar surface area (TPSA) is 62.3 Å². The van der Waals surface area contributed by atoms with Crippen LogP contribution in [0.4, 0.5) is 5.13 Å². The number of nitrogens with one attached hydrogen (secondary N) is 1. The zero-order chi connectivity index (χ0) is 15.2. The summed E-state index contributed by atoms with van der Waals surface area (Å²) < 4.78 is 0. The van der Waals surface area contributed by atoms with Crippen molar-refractivity contribution in [3.8, 4) is 0 Å². The van der Waals surface area contributed by atoms with E-state index in [1.54, 1.807) is 22.5 Å². The van der Waals surface area contributed by atoms with E-state index >= 15 is 0 Å². The fourth-order valence-electron chi connectivity index (χ4n) is 1.83. The zero-order valence-electron chi connectivity index (χ0n) is 11.9. The third-order valence-electron chi connectivity index (χ3n) is 2.62. The molecule has 0 saturated heterocycles. The fraction of sp³-hybridized carbons (Fsp3) is 0.357. The maximum absolute atomic E-state index is 12.4. The molecule has 0 aliphatic rings. The third kappa shape index (κ3) is 4.64. The van der Waals surface area contributed by atoms with Gasteiger partial charge in [-0.05, 0) is 17.4 Å². The lowest BCUT2D eigenvalue weighted by atomic mass is 10.2. The second-order valence-electron chi connectivity index (χ2n) is 4.94. The summed E-state index contributed by atoms with van der Waals surface area (Å²) in [5, 5.41) is 6.90. The molecule has 0 saturated carbocycles. The van der Waals surface area contributed by atoms with E-state index in [0.29, 0.717) is 22.5 Å². The quantitative estimate of drug-likeness (QED) is 0.889. The van der Waals surface area contributed by atoms with Crippen LogP contribution in [0.25, 0.3) is 0 Å². The van der Waals surface area contributed by atoms with Gasteiger partial charge < -0.3 is 10.2 Å². The number of thiophene rings is 1. The summed E-state index contributed by atoms with van der Waals surface area (Å²) in [5.41, 5.74) is 0. The first-order valence-electron chi connectivity index (χ1n) is 6.58. The number of hydrogen-bond acceptors (Lipinski definition) is 5. The van der Waals surface area contributed by atoms with Crippen molar-refractivity contribution in [2.45, 2.75) is 13.8 Å². The maximum Gasteiger partial charge on any atom is 0.264 e. The summed E-state index contributed by atoms with van der Waals surface area (Å²) in [6.45, 7) is 4.62. The van der Waals surface area contributed by atoms with E-state index in [1.807, 2.05) is 25.3 Å². The van der Waals surface area contributed by atoms with Crippen molar-refractivity contribution in [2.75, 3.05) is 18.4 Å². The lowest BCUT2D eigenvalue weighted by Gasteiger charge is -2.23. The van der Waals surface area contributed by atoms with Gasteiger partial charge in [0.25, 0.3) is 5.91 Å². The Morgan fingerprint density at radius 3 is 2.71 bits per heavy atom. The van der Waals surface area contributed by atoms with Gasteiger partial charge in [0.2, 0.25) is 5.91 Å². The molecule has 0 aromatic carbocycles. The summed E-state index contributed by atoms with van der Waals surface area (Å²) in [4.78, 5) is 30.7. The Bertz CT molecular complexity index is 579. The van der Waals surface area contributed by atoms with Crippen molar-refractivity contribution in [1.82, 2.24) is 9.88 Å². The van der Waals surface area contributed by atoms with Gasteiger partial charge in [0.15, 0.2) is 5.13 Å². The van der Waals surface area contributed by atoms with E-state index in [1.165, 1.54) is 22.7 Å². The van der Waals surface area contributed by atoms with E-state index in [-0.39, 0.29) is 18.4 Å². The maximum atomic E-state index is 12.4. The molecule has 2 rings (SSSR count). The minimum absolute atomic E-state index is 0.0362. The average Bonchev–Trinajstić information content (AvgIpc) is 3.09. The molecule has 2 aromatic rings. The van der Waals surface area contributed by atoms with Crippen LogP contribution >= 0.6 is 22.7 Å². The van der Waals surface area contributed by atoms with Gasteiger partial charge >= 0.3 is 0 Å². The lowest BCUT2D eigenvalue weighted by molar-refractivity contribution is -0.117. The smallest absolute Gasteiger partial charge is 0.264 e. The van der Waals surface area contributed by atoms with Crippen LogP contribution < -0.4 is 5.32 Å². The number of hydrogen-bond donors (Lipinski definition) is 1. The number of carbonyl (C=O) groups excluding carboxylic acids is 2. The van der Waals surface area contributed by atoms with Crippen molar-refractivity contribution < 1.29 is 9.59 Å². The van der Waals surface area contributed by atoms with E-state index < -0.39 is 0 Å². The van der Waals surface area contributed by atoms with Crippen LogP contribution in [-0.4, -0.2) is 34.8 Å². The largest absolute Gasteiger partial charge is 0.328 e. The van der Waals surface area contributed by atoms with Crippen molar-refractivity contribution in [1.29, 1.82) is 0 Å². The summed E-state index contributed by atoms with van der Waals surface area (Å²) in [6, 6.07) is 3.61. The van der Waals surface area contributed by atoms with Gasteiger partial charge in [-0.25, -0.2) is 4.98 Å². The van der Waals surface area contributed by atoms with Gasteiger partial charge in [-0.2, -0.15) is 0 Å². The van der Waals surface area contributed by atoms with Crippen LogP contribution in [0.2, 0.25) is 0 Å². The van der Waals surface area contributed by atoms with Crippen LogP contribution in [0.15, 0.2) is 29.1 Å². The second kappa shape index (κ2) is 7.33. The molecule has 0 unspecified atom stereocenters. The van der Waals surface area contributed by atoms with E-state index in [4.69, 9.17) is 0 Å². The summed E-state index contributed by atoms with van der Waals surface area (Å²) in [6.07, 6.45) is 1.63. The normalized spacial score (nSPS) is 10.6. The van der Waals surface area contributed by atoms with Gasteiger partial charge in [0, 0.05) is 18.1 Å². The Morgan fingerprint density at radius 1 is 1.33 bits per heavy atom. The molecule has 2 amide bonds. The predicted molar refractivity (Wildman–Crippen MR) is 85.8 cm³/mol. The third-order valence-corrected chi connectivity index (χ3v) is 4.16. The molecule has 0 atom stereocenters. The van der Waals surface area contributed by atoms with E-state index in [0.717, 1.165) is 0 Å². The second-order valence-corrected chi connectivity index (χ2v) is 6.78. The van der Waals surface area contributed by atoms with Gasteiger partial charge in [0.1, 0.15) is 6.54 Å². The highest BCUT2D eigenvalue weighted by atomic mass is 32.1. The molecule has 21 heavy (non-hydrogen) atoms. The Labute approximate surface area is 131 Å². The lowest BCUT2D eigenvalue weighted by Crippen LogP contribution is -2.39. The zero-order valence-corrected chi connectivity index (χ0v) is 13.5. The Hall–Kier alpha value is -1.73. The van der Waals surface area contributed by atoms with Crippen LogP contribution in [-0.2, 0) is 4.79 Å². The van der Waals surface area contributed by atoms with Gasteiger partial charge in [-0.1, -0.05) is 19.9 Å². The van der Waals surface area contributed by atoms with Crippen molar-refractivity contribution >= 4 is 39.6 Å². The molecule has 5 nitrogen and oxygen atoms in total. The van der Waals surface area contributed by atoms with Crippen LogP contribution in [0.1, 0.15) is 23.5 Å². The predicted octanol–water partition coefficient (Wildman–Crippen LogP) is 2.94. The van der Waals surface area contributed by atoms with Crippen molar-refractivity contribution in [3.05, 3.63) is 34.0 Å². The average molecular weight is 323 g/mol. The summed E-state index contributed by atoms with van der Waals surface area (Å²) >= 11 is 2.74. The summed E-state index contributed by atoms with van der Waals surface area (Å²) in [5.74, 6) is -0.0370. The minimum Gasteiger partial charge on any atom is -0.328 e. The molecule has 0 radical (unpaired) electrons. The Morgan fingerprint density at radius 2 is 2.14 bits per heavy atom. The highest BCUT2D eigenvalue weighted by molar-refractivity contribution is 7.13. The molecule has 1 N–H and O–H groups in total. The fourth-order valence-corrected chi connectivity index (χ4v) is 3.07. The molecule has 0 fully saturated rings. The molecule has 0 bridgehead atoms. The SMILES string of the molecule is CC(C)CN(CC(=O)Nc1nccs1)C(=O)c1cccs1. The molecule has 0 aliphatic carbocycles. The molecule has 2 aromatic heterocycles. The molecule has 112 valence electrons. The Kier molecular flexibility index (Phi) is 5.46. The number of rotatable bonds is 6. The first-order chi connectivity index (χ1) is 10.1. The molecule has 2 heterocycles. The van der Waals surface area contributed by atoms with Gasteiger partial charge in [-0.3, -0.25) is 9.59 Å². The number of thiazole rings is 1. The molecule has 0 aliphatic heterocycles. The van der Waals surface area contributed by atoms with Gasteiger partial charge in [0.05, 0.1) is 4.88 Å². The number of carbonyl (C=O) groups is 2. The number of amides is 2. The highest BCUT2D eigenvalue weighted by Gasteiger charge is 2.20. The molecule has 7 heteroatoms. The summed E-state index contributed by atoms with van der Waals surface area (Å²) in [7, 11) is 0. The monoisotopic (exact) mass is 323 g/mol. The number of anilines is 1. The molecular weight excluding hydrogens is 306 g/mol. The van der Waals surface area contributed by atoms with Crippen molar-refractivity contribution in [2.24, 2.45) is 5.92 Å². The molecule has 0 spiro atoms. The number of nitrogens with zero attached hydrogens (tertiary/aromatic N) is 2. The van der Waals surface area contributed by atoms with Crippen LogP contribution in [0.3, 0.4) is 0 Å². The molecular formula is C14H17N3O2S2. The number of aromatic nitrogens is 1. The van der Waals surface area contributed by atoms with Crippen LogP contribution in [0.5, 0.6) is 0 Å².